The molecule has 0 saturated heterocycles. The van der Waals surface area contributed by atoms with Crippen molar-refractivity contribution in [2.45, 2.75) is 19.4 Å². The van der Waals surface area contributed by atoms with Crippen molar-refractivity contribution < 1.29 is 4.92 Å². The highest BCUT2D eigenvalue weighted by atomic mass is 16.6. The van der Waals surface area contributed by atoms with Crippen molar-refractivity contribution in [1.82, 2.24) is 9.78 Å². The third-order valence-corrected chi connectivity index (χ3v) is 2.92. The average molecular weight is 260 g/mol. The van der Waals surface area contributed by atoms with Crippen LogP contribution in [0.1, 0.15) is 11.1 Å². The van der Waals surface area contributed by atoms with E-state index < -0.39 is 0 Å². The fourth-order valence-electron chi connectivity index (χ4n) is 1.96. The smallest absolute Gasteiger partial charge is 0.272 e. The van der Waals surface area contributed by atoms with Gasteiger partial charge in [-0.25, -0.2) is 0 Å². The summed E-state index contributed by atoms with van der Waals surface area (Å²) in [5, 5.41) is 15.1. The molecule has 0 aliphatic rings. The Kier molecular flexibility index (Phi) is 4.25. The molecule has 0 amide bonds. The van der Waals surface area contributed by atoms with E-state index >= 15 is 0 Å². The molecule has 0 spiro atoms. The van der Waals surface area contributed by atoms with Crippen molar-refractivity contribution in [3.05, 3.63) is 57.9 Å². The van der Waals surface area contributed by atoms with E-state index in [2.05, 4.69) is 5.10 Å². The molecular formula is C13H16N4O2. The van der Waals surface area contributed by atoms with Crippen molar-refractivity contribution in [3.63, 3.8) is 0 Å². The molecule has 2 N–H and O–H groups in total. The van der Waals surface area contributed by atoms with Gasteiger partial charge in [-0.15, -0.1) is 0 Å². The first-order chi connectivity index (χ1) is 9.20. The number of nitro benzene ring substituents is 1. The fraction of sp³-hybridized carbons (Fsp3) is 0.308. The Hall–Kier alpha value is -2.21. The molecule has 6 nitrogen and oxygen atoms in total. The van der Waals surface area contributed by atoms with E-state index in [1.54, 1.807) is 23.0 Å². The van der Waals surface area contributed by atoms with Crippen molar-refractivity contribution in [2.75, 3.05) is 6.54 Å². The predicted molar refractivity (Wildman–Crippen MR) is 71.8 cm³/mol. The molecule has 0 fully saturated rings. The number of aryl methyl sites for hydroxylation is 2. The molecular weight excluding hydrogens is 244 g/mol. The van der Waals surface area contributed by atoms with E-state index in [-0.39, 0.29) is 10.6 Å². The summed E-state index contributed by atoms with van der Waals surface area (Å²) in [6.07, 6.45) is 5.10. The first-order valence-electron chi connectivity index (χ1n) is 6.14. The van der Waals surface area contributed by atoms with Gasteiger partial charge in [-0.05, 0) is 24.9 Å². The van der Waals surface area contributed by atoms with E-state index in [1.807, 2.05) is 12.3 Å². The lowest BCUT2D eigenvalue weighted by Gasteiger charge is -2.03. The predicted octanol–water partition coefficient (Wildman–Crippen LogP) is 1.54. The van der Waals surface area contributed by atoms with Crippen molar-refractivity contribution in [2.24, 2.45) is 5.73 Å². The highest BCUT2D eigenvalue weighted by molar-refractivity contribution is 5.39. The second-order valence-corrected chi connectivity index (χ2v) is 4.29. The van der Waals surface area contributed by atoms with Crippen LogP contribution in [-0.2, 0) is 19.4 Å². The summed E-state index contributed by atoms with van der Waals surface area (Å²) in [4.78, 5) is 10.5. The minimum atomic E-state index is -0.349. The van der Waals surface area contributed by atoms with Crippen molar-refractivity contribution >= 4 is 5.69 Å². The zero-order chi connectivity index (χ0) is 13.7. The maximum atomic E-state index is 10.9. The van der Waals surface area contributed by atoms with Crippen LogP contribution in [0.2, 0.25) is 0 Å². The lowest BCUT2D eigenvalue weighted by molar-refractivity contribution is -0.385. The molecule has 1 aromatic carbocycles. The van der Waals surface area contributed by atoms with Gasteiger partial charge in [-0.1, -0.05) is 18.2 Å². The summed E-state index contributed by atoms with van der Waals surface area (Å²) in [5.74, 6) is 0. The van der Waals surface area contributed by atoms with Crippen LogP contribution in [0.25, 0.3) is 0 Å². The number of aromatic nitrogens is 2. The summed E-state index contributed by atoms with van der Waals surface area (Å²) >= 11 is 0. The van der Waals surface area contributed by atoms with Gasteiger partial charge in [-0.3, -0.25) is 14.8 Å². The van der Waals surface area contributed by atoms with E-state index in [0.29, 0.717) is 19.5 Å². The molecule has 0 aliphatic carbocycles. The number of hydrogen-bond acceptors (Lipinski definition) is 4. The fourth-order valence-corrected chi connectivity index (χ4v) is 1.96. The van der Waals surface area contributed by atoms with Gasteiger partial charge in [0.05, 0.1) is 11.1 Å². The van der Waals surface area contributed by atoms with Crippen LogP contribution in [0.5, 0.6) is 0 Å². The molecule has 1 aromatic heterocycles. The molecule has 2 rings (SSSR count). The normalized spacial score (nSPS) is 10.6. The summed E-state index contributed by atoms with van der Waals surface area (Å²) in [7, 11) is 0. The Bertz CT molecular complexity index is 565. The molecule has 0 bridgehead atoms. The number of nitro groups is 1. The standard InChI is InChI=1S/C13H16N4O2/c14-7-5-11-9-15-16(10-11)8-6-12-3-1-2-4-13(12)17(18)19/h1-4,9-10H,5-8,14H2. The molecule has 0 radical (unpaired) electrons. The Morgan fingerprint density at radius 1 is 1.32 bits per heavy atom. The molecule has 0 unspecified atom stereocenters. The van der Waals surface area contributed by atoms with Gasteiger partial charge < -0.3 is 5.73 Å². The number of para-hydroxylation sites is 1. The number of nitrogens with two attached hydrogens (primary N) is 1. The van der Waals surface area contributed by atoms with Crippen LogP contribution in [0.15, 0.2) is 36.7 Å². The van der Waals surface area contributed by atoms with Gasteiger partial charge in [0.1, 0.15) is 0 Å². The molecule has 6 heteroatoms. The highest BCUT2D eigenvalue weighted by Crippen LogP contribution is 2.18. The lowest BCUT2D eigenvalue weighted by atomic mass is 10.1. The van der Waals surface area contributed by atoms with Gasteiger partial charge in [0.15, 0.2) is 0 Å². The Labute approximate surface area is 111 Å². The van der Waals surface area contributed by atoms with Crippen LogP contribution in [0.4, 0.5) is 5.69 Å². The van der Waals surface area contributed by atoms with Gasteiger partial charge in [0, 0.05) is 24.4 Å². The quantitative estimate of drug-likeness (QED) is 0.630. The SMILES string of the molecule is NCCc1cnn(CCc2ccccc2[N+](=O)[O-])c1. The largest absolute Gasteiger partial charge is 0.330 e. The van der Waals surface area contributed by atoms with E-state index in [4.69, 9.17) is 5.73 Å². The summed E-state index contributed by atoms with van der Waals surface area (Å²) in [6.45, 7) is 1.21. The molecule has 0 atom stereocenters. The number of hydrogen-bond donors (Lipinski definition) is 1. The Morgan fingerprint density at radius 2 is 2.11 bits per heavy atom. The summed E-state index contributed by atoms with van der Waals surface area (Å²) in [5.41, 5.74) is 7.45. The summed E-state index contributed by atoms with van der Waals surface area (Å²) < 4.78 is 1.79. The Morgan fingerprint density at radius 3 is 2.84 bits per heavy atom. The van der Waals surface area contributed by atoms with E-state index in [9.17, 15) is 10.1 Å². The molecule has 0 aliphatic heterocycles. The molecule has 100 valence electrons. The van der Waals surface area contributed by atoms with Crippen LogP contribution in [0.3, 0.4) is 0 Å². The molecule has 19 heavy (non-hydrogen) atoms. The van der Waals surface area contributed by atoms with Crippen LogP contribution < -0.4 is 5.73 Å². The molecule has 1 heterocycles. The van der Waals surface area contributed by atoms with Crippen molar-refractivity contribution in [3.8, 4) is 0 Å². The minimum Gasteiger partial charge on any atom is -0.330 e. The van der Waals surface area contributed by atoms with E-state index in [0.717, 1.165) is 17.5 Å². The van der Waals surface area contributed by atoms with Crippen LogP contribution in [0, 0.1) is 10.1 Å². The minimum absolute atomic E-state index is 0.164. The lowest BCUT2D eigenvalue weighted by Crippen LogP contribution is -2.04. The van der Waals surface area contributed by atoms with Gasteiger partial charge >= 0.3 is 0 Å². The third-order valence-electron chi connectivity index (χ3n) is 2.92. The summed E-state index contributed by atoms with van der Waals surface area (Å²) in [6, 6.07) is 6.79. The third kappa shape index (κ3) is 3.38. The van der Waals surface area contributed by atoms with Gasteiger partial charge in [0.2, 0.25) is 0 Å². The number of nitrogens with zero attached hydrogens (tertiary/aromatic N) is 3. The van der Waals surface area contributed by atoms with Crippen LogP contribution >= 0.6 is 0 Å². The number of rotatable bonds is 6. The highest BCUT2D eigenvalue weighted by Gasteiger charge is 2.11. The zero-order valence-electron chi connectivity index (χ0n) is 10.5. The second-order valence-electron chi connectivity index (χ2n) is 4.29. The maximum Gasteiger partial charge on any atom is 0.272 e. The van der Waals surface area contributed by atoms with Crippen molar-refractivity contribution in [1.29, 1.82) is 0 Å². The number of benzene rings is 1. The van der Waals surface area contributed by atoms with Crippen LogP contribution in [-0.4, -0.2) is 21.2 Å². The molecule has 0 saturated carbocycles. The Balaban J connectivity index is 2.03. The van der Waals surface area contributed by atoms with Gasteiger partial charge in [0.25, 0.3) is 5.69 Å². The first kappa shape index (κ1) is 13.2. The zero-order valence-corrected chi connectivity index (χ0v) is 10.5. The topological polar surface area (TPSA) is 87.0 Å². The average Bonchev–Trinajstić information content (AvgIpc) is 2.85. The second kappa shape index (κ2) is 6.10. The maximum absolute atomic E-state index is 10.9. The first-order valence-corrected chi connectivity index (χ1v) is 6.14. The monoisotopic (exact) mass is 260 g/mol. The molecule has 2 aromatic rings. The van der Waals surface area contributed by atoms with E-state index in [1.165, 1.54) is 6.07 Å². The van der Waals surface area contributed by atoms with Gasteiger partial charge in [-0.2, -0.15) is 5.10 Å².